The third kappa shape index (κ3) is 2.90. The summed E-state index contributed by atoms with van der Waals surface area (Å²) in [6.07, 6.45) is 8.07. The molecule has 2 saturated carbocycles. The SMILES string of the molecule is Cc1ccccc1-c1cc(C2CC3CCC2C3)c(-c2ccccc2)c[n+]1C. The van der Waals surface area contributed by atoms with Gasteiger partial charge in [0, 0.05) is 17.2 Å². The maximum atomic E-state index is 2.51. The number of fused-ring (bicyclic) bond motifs is 2. The molecule has 0 aliphatic heterocycles. The number of benzene rings is 2. The van der Waals surface area contributed by atoms with Crippen LogP contribution in [0.4, 0.5) is 0 Å². The van der Waals surface area contributed by atoms with E-state index in [0.717, 1.165) is 17.8 Å². The van der Waals surface area contributed by atoms with Gasteiger partial charge in [-0.05, 0) is 66.7 Å². The molecule has 2 aliphatic carbocycles. The molecule has 0 amide bonds. The molecule has 2 aromatic carbocycles. The quantitative estimate of drug-likeness (QED) is 0.504. The van der Waals surface area contributed by atoms with E-state index < -0.39 is 0 Å². The molecule has 1 nitrogen and oxygen atoms in total. The molecule has 3 unspecified atom stereocenters. The minimum Gasteiger partial charge on any atom is -0.200 e. The van der Waals surface area contributed by atoms with Crippen molar-refractivity contribution in [3.05, 3.63) is 78.0 Å². The lowest BCUT2D eigenvalue weighted by Crippen LogP contribution is -2.32. The lowest BCUT2D eigenvalue weighted by atomic mass is 9.80. The fraction of sp³-hybridized carbons (Fsp3) is 0.346. The molecule has 0 N–H and O–H groups in total. The molecular formula is C26H28N+. The summed E-state index contributed by atoms with van der Waals surface area (Å²) in [4.78, 5) is 0. The van der Waals surface area contributed by atoms with Gasteiger partial charge < -0.3 is 0 Å². The van der Waals surface area contributed by atoms with Gasteiger partial charge in [-0.15, -0.1) is 0 Å². The van der Waals surface area contributed by atoms with E-state index in [0.29, 0.717) is 0 Å². The van der Waals surface area contributed by atoms with Gasteiger partial charge in [-0.3, -0.25) is 0 Å². The Hall–Kier alpha value is -2.41. The van der Waals surface area contributed by atoms with Crippen LogP contribution in [0.25, 0.3) is 22.4 Å². The van der Waals surface area contributed by atoms with Crippen LogP contribution in [0, 0.1) is 18.8 Å². The summed E-state index contributed by atoms with van der Waals surface area (Å²) >= 11 is 0. The molecule has 2 aliphatic rings. The van der Waals surface area contributed by atoms with Crippen molar-refractivity contribution in [1.29, 1.82) is 0 Å². The van der Waals surface area contributed by atoms with Gasteiger partial charge in [0.25, 0.3) is 0 Å². The van der Waals surface area contributed by atoms with Gasteiger partial charge in [0.2, 0.25) is 5.69 Å². The van der Waals surface area contributed by atoms with Crippen molar-refractivity contribution in [2.75, 3.05) is 0 Å². The molecule has 2 fully saturated rings. The van der Waals surface area contributed by atoms with E-state index in [2.05, 4.69) is 85.4 Å². The maximum absolute atomic E-state index is 2.51. The van der Waals surface area contributed by atoms with Crippen LogP contribution in [0.15, 0.2) is 66.9 Å². The Bertz CT molecular complexity index is 973. The number of nitrogens with zero attached hydrogens (tertiary/aromatic N) is 1. The molecule has 3 aromatic rings. The van der Waals surface area contributed by atoms with Crippen molar-refractivity contribution < 1.29 is 4.57 Å². The van der Waals surface area contributed by atoms with Crippen LogP contribution in [0.1, 0.15) is 42.7 Å². The Morgan fingerprint density at radius 2 is 1.63 bits per heavy atom. The molecule has 1 heteroatoms. The van der Waals surface area contributed by atoms with E-state index >= 15 is 0 Å². The van der Waals surface area contributed by atoms with Crippen LogP contribution in [-0.2, 0) is 7.05 Å². The molecule has 0 saturated heterocycles. The number of aryl methyl sites for hydroxylation is 2. The Kier molecular flexibility index (Phi) is 4.11. The van der Waals surface area contributed by atoms with Gasteiger partial charge in [0.15, 0.2) is 6.20 Å². The lowest BCUT2D eigenvalue weighted by Gasteiger charge is -2.24. The van der Waals surface area contributed by atoms with Crippen LogP contribution in [0.5, 0.6) is 0 Å². The number of hydrogen-bond donors (Lipinski definition) is 0. The molecule has 27 heavy (non-hydrogen) atoms. The Morgan fingerprint density at radius 1 is 0.852 bits per heavy atom. The number of pyridine rings is 1. The minimum atomic E-state index is 0.725. The first-order valence-corrected chi connectivity index (χ1v) is 10.4. The third-order valence-corrected chi connectivity index (χ3v) is 6.95. The highest BCUT2D eigenvalue weighted by Crippen LogP contribution is 2.54. The molecule has 0 spiro atoms. The van der Waals surface area contributed by atoms with Gasteiger partial charge in [-0.1, -0.05) is 55.0 Å². The first kappa shape index (κ1) is 16.7. The van der Waals surface area contributed by atoms with Gasteiger partial charge >= 0.3 is 0 Å². The highest BCUT2D eigenvalue weighted by Gasteiger charge is 2.41. The second-order valence-electron chi connectivity index (χ2n) is 8.60. The number of aromatic nitrogens is 1. The van der Waals surface area contributed by atoms with Crippen molar-refractivity contribution >= 4 is 0 Å². The summed E-state index contributed by atoms with van der Waals surface area (Å²) < 4.78 is 2.32. The summed E-state index contributed by atoms with van der Waals surface area (Å²) in [5, 5.41) is 0. The summed E-state index contributed by atoms with van der Waals surface area (Å²) in [7, 11) is 2.19. The van der Waals surface area contributed by atoms with E-state index in [1.165, 1.54) is 53.6 Å². The second-order valence-corrected chi connectivity index (χ2v) is 8.60. The van der Waals surface area contributed by atoms with E-state index in [1.807, 2.05) is 0 Å². The van der Waals surface area contributed by atoms with Crippen LogP contribution < -0.4 is 4.57 Å². The predicted molar refractivity (Wildman–Crippen MR) is 111 cm³/mol. The van der Waals surface area contributed by atoms with Gasteiger partial charge in [-0.2, -0.15) is 0 Å². The van der Waals surface area contributed by atoms with Crippen molar-refractivity contribution in [3.8, 4) is 22.4 Å². The normalized spacial score (nSPS) is 23.7. The Balaban J connectivity index is 1.70. The zero-order valence-corrected chi connectivity index (χ0v) is 16.4. The standard InChI is InChI=1S/C26H28N/c1-18-8-6-7-11-22(18)26-16-24(23-15-19-12-13-21(23)14-19)25(17-27(26)2)20-9-4-3-5-10-20/h3-11,16-17,19,21,23H,12-15H2,1-2H3/q+1. The zero-order chi connectivity index (χ0) is 18.4. The highest BCUT2D eigenvalue weighted by atomic mass is 14.9. The fourth-order valence-electron chi connectivity index (χ4n) is 5.58. The van der Waals surface area contributed by atoms with Gasteiger partial charge in [0.1, 0.15) is 7.05 Å². The first-order valence-electron chi connectivity index (χ1n) is 10.4. The fourth-order valence-corrected chi connectivity index (χ4v) is 5.58. The zero-order valence-electron chi connectivity index (χ0n) is 16.4. The van der Waals surface area contributed by atoms with Gasteiger partial charge in [0.05, 0.1) is 0 Å². The molecule has 3 atom stereocenters. The van der Waals surface area contributed by atoms with E-state index in [4.69, 9.17) is 0 Å². The maximum Gasteiger partial charge on any atom is 0.212 e. The molecular weight excluding hydrogens is 326 g/mol. The molecule has 5 rings (SSSR count). The van der Waals surface area contributed by atoms with Gasteiger partial charge in [-0.25, -0.2) is 4.57 Å². The largest absolute Gasteiger partial charge is 0.212 e. The van der Waals surface area contributed by atoms with Crippen molar-refractivity contribution in [3.63, 3.8) is 0 Å². The average Bonchev–Trinajstić information content (AvgIpc) is 3.33. The summed E-state index contributed by atoms with van der Waals surface area (Å²) in [5.41, 5.74) is 8.38. The second kappa shape index (κ2) is 6.64. The van der Waals surface area contributed by atoms with E-state index in [1.54, 1.807) is 5.56 Å². The van der Waals surface area contributed by atoms with E-state index in [9.17, 15) is 0 Å². The van der Waals surface area contributed by atoms with Crippen molar-refractivity contribution in [2.24, 2.45) is 18.9 Å². The number of hydrogen-bond acceptors (Lipinski definition) is 0. The molecule has 136 valence electrons. The summed E-state index contributed by atoms with van der Waals surface area (Å²) in [6, 6.07) is 22.2. The van der Waals surface area contributed by atoms with Crippen LogP contribution in [0.2, 0.25) is 0 Å². The topological polar surface area (TPSA) is 3.88 Å². The van der Waals surface area contributed by atoms with Crippen LogP contribution in [-0.4, -0.2) is 0 Å². The lowest BCUT2D eigenvalue weighted by molar-refractivity contribution is -0.660. The molecule has 1 heterocycles. The monoisotopic (exact) mass is 354 g/mol. The minimum absolute atomic E-state index is 0.725. The summed E-state index contributed by atoms with van der Waals surface area (Å²) in [5.74, 6) is 2.57. The third-order valence-electron chi connectivity index (χ3n) is 6.95. The number of rotatable bonds is 3. The van der Waals surface area contributed by atoms with Crippen LogP contribution in [0.3, 0.4) is 0 Å². The smallest absolute Gasteiger partial charge is 0.200 e. The Labute approximate surface area is 162 Å². The molecule has 1 aromatic heterocycles. The van der Waals surface area contributed by atoms with Crippen molar-refractivity contribution in [2.45, 2.75) is 38.5 Å². The van der Waals surface area contributed by atoms with Crippen LogP contribution >= 0.6 is 0 Å². The summed E-state index contributed by atoms with van der Waals surface area (Å²) in [6.45, 7) is 2.22. The average molecular weight is 355 g/mol. The Morgan fingerprint density at radius 3 is 2.33 bits per heavy atom. The predicted octanol–water partition coefficient (Wildman–Crippen LogP) is 6.06. The molecule has 2 bridgehead atoms. The van der Waals surface area contributed by atoms with Crippen molar-refractivity contribution in [1.82, 2.24) is 0 Å². The first-order chi connectivity index (χ1) is 13.2. The highest BCUT2D eigenvalue weighted by molar-refractivity contribution is 5.70. The molecule has 0 radical (unpaired) electrons. The van der Waals surface area contributed by atoms with E-state index in [-0.39, 0.29) is 0 Å².